The third-order valence-corrected chi connectivity index (χ3v) is 3.41. The van der Waals surface area contributed by atoms with Gasteiger partial charge in [-0.25, -0.2) is 0 Å². The number of nitrogens with one attached hydrogen (secondary N) is 1. The molecule has 1 saturated heterocycles. The Morgan fingerprint density at radius 2 is 2.21 bits per heavy atom. The minimum absolute atomic E-state index is 0.0128. The summed E-state index contributed by atoms with van der Waals surface area (Å²) < 4.78 is 1.83. The molecule has 106 valence electrons. The summed E-state index contributed by atoms with van der Waals surface area (Å²) in [6, 6.07) is 0.595. The predicted molar refractivity (Wildman–Crippen MR) is 74.9 cm³/mol. The van der Waals surface area contributed by atoms with Crippen molar-refractivity contribution in [3.8, 4) is 0 Å². The topological polar surface area (TPSA) is 76.2 Å². The molecule has 0 atom stereocenters. The van der Waals surface area contributed by atoms with Crippen LogP contribution in [0.5, 0.6) is 0 Å². The van der Waals surface area contributed by atoms with E-state index < -0.39 is 0 Å². The molecule has 1 aromatic heterocycles. The van der Waals surface area contributed by atoms with E-state index in [1.807, 2.05) is 10.9 Å². The fourth-order valence-electron chi connectivity index (χ4n) is 2.20. The van der Waals surface area contributed by atoms with Crippen molar-refractivity contribution in [2.45, 2.75) is 38.8 Å². The highest BCUT2D eigenvalue weighted by molar-refractivity contribution is 5.91. The Bertz CT molecular complexity index is 420. The first kappa shape index (κ1) is 14.0. The first-order chi connectivity index (χ1) is 9.04. The minimum atomic E-state index is 0.0128. The Morgan fingerprint density at radius 1 is 1.53 bits per heavy atom. The van der Waals surface area contributed by atoms with E-state index in [0.29, 0.717) is 18.6 Å². The SMILES string of the molecule is CC(C)n1cc(NC(=O)CN2CCC(N)CC2)cn1. The average Bonchev–Trinajstić information content (AvgIpc) is 2.80. The molecule has 0 unspecified atom stereocenters. The highest BCUT2D eigenvalue weighted by atomic mass is 16.2. The number of amides is 1. The van der Waals surface area contributed by atoms with Gasteiger partial charge in [0.05, 0.1) is 18.4 Å². The first-order valence-corrected chi connectivity index (χ1v) is 6.86. The maximum absolute atomic E-state index is 11.9. The molecule has 6 nitrogen and oxygen atoms in total. The van der Waals surface area contributed by atoms with Crippen LogP contribution in [-0.2, 0) is 4.79 Å². The van der Waals surface area contributed by atoms with Gasteiger partial charge >= 0.3 is 0 Å². The maximum Gasteiger partial charge on any atom is 0.238 e. The third-order valence-electron chi connectivity index (χ3n) is 3.41. The fraction of sp³-hybridized carbons (Fsp3) is 0.692. The van der Waals surface area contributed by atoms with Gasteiger partial charge in [-0.15, -0.1) is 0 Å². The fourth-order valence-corrected chi connectivity index (χ4v) is 2.20. The van der Waals surface area contributed by atoms with Crippen LogP contribution in [-0.4, -0.2) is 46.3 Å². The van der Waals surface area contributed by atoms with Gasteiger partial charge in [0.25, 0.3) is 0 Å². The summed E-state index contributed by atoms with van der Waals surface area (Å²) in [6.45, 7) is 6.34. The zero-order chi connectivity index (χ0) is 13.8. The van der Waals surface area contributed by atoms with Crippen LogP contribution >= 0.6 is 0 Å². The number of aromatic nitrogens is 2. The van der Waals surface area contributed by atoms with E-state index in [0.717, 1.165) is 31.6 Å². The molecule has 0 spiro atoms. The van der Waals surface area contributed by atoms with Crippen molar-refractivity contribution in [1.82, 2.24) is 14.7 Å². The molecule has 1 amide bonds. The van der Waals surface area contributed by atoms with Crippen LogP contribution in [0.25, 0.3) is 0 Å². The summed E-state index contributed by atoms with van der Waals surface area (Å²) in [5, 5.41) is 7.08. The molecule has 1 aliphatic heterocycles. The number of nitrogens with zero attached hydrogens (tertiary/aromatic N) is 3. The van der Waals surface area contributed by atoms with Gasteiger partial charge in [-0.1, -0.05) is 0 Å². The molecule has 6 heteroatoms. The maximum atomic E-state index is 11.9. The van der Waals surface area contributed by atoms with Crippen LogP contribution in [0, 0.1) is 0 Å². The van der Waals surface area contributed by atoms with Crippen LogP contribution in [0.2, 0.25) is 0 Å². The quantitative estimate of drug-likeness (QED) is 0.845. The second-order valence-corrected chi connectivity index (χ2v) is 5.46. The van der Waals surface area contributed by atoms with Crippen molar-refractivity contribution in [2.24, 2.45) is 5.73 Å². The first-order valence-electron chi connectivity index (χ1n) is 6.86. The molecule has 0 radical (unpaired) electrons. The van der Waals surface area contributed by atoms with E-state index in [1.165, 1.54) is 0 Å². The number of hydrogen-bond acceptors (Lipinski definition) is 4. The van der Waals surface area contributed by atoms with E-state index >= 15 is 0 Å². The molecular weight excluding hydrogens is 242 g/mol. The lowest BCUT2D eigenvalue weighted by Crippen LogP contribution is -2.43. The second kappa shape index (κ2) is 6.16. The smallest absolute Gasteiger partial charge is 0.238 e. The summed E-state index contributed by atoms with van der Waals surface area (Å²) in [5.41, 5.74) is 6.60. The minimum Gasteiger partial charge on any atom is -0.328 e. The number of rotatable bonds is 4. The van der Waals surface area contributed by atoms with Crippen molar-refractivity contribution in [3.63, 3.8) is 0 Å². The lowest BCUT2D eigenvalue weighted by Gasteiger charge is -2.29. The number of likely N-dealkylation sites (tertiary alicyclic amines) is 1. The average molecular weight is 265 g/mol. The summed E-state index contributed by atoms with van der Waals surface area (Å²) in [4.78, 5) is 14.1. The number of anilines is 1. The number of nitrogens with two attached hydrogens (primary N) is 1. The van der Waals surface area contributed by atoms with E-state index in [2.05, 4.69) is 29.2 Å². The molecular formula is C13H23N5O. The number of carbonyl (C=O) groups excluding carboxylic acids is 1. The van der Waals surface area contributed by atoms with Gasteiger partial charge in [-0.05, 0) is 26.7 Å². The molecule has 1 fully saturated rings. The van der Waals surface area contributed by atoms with Crippen LogP contribution in [0.1, 0.15) is 32.7 Å². The zero-order valence-corrected chi connectivity index (χ0v) is 11.7. The van der Waals surface area contributed by atoms with Crippen LogP contribution in [0.4, 0.5) is 5.69 Å². The molecule has 0 saturated carbocycles. The zero-order valence-electron chi connectivity index (χ0n) is 11.7. The molecule has 0 aromatic carbocycles. The van der Waals surface area contributed by atoms with E-state index in [-0.39, 0.29) is 5.91 Å². The van der Waals surface area contributed by atoms with E-state index in [9.17, 15) is 4.79 Å². The number of carbonyl (C=O) groups is 1. The second-order valence-electron chi connectivity index (χ2n) is 5.46. The summed E-state index contributed by atoms with van der Waals surface area (Å²) in [6.07, 6.45) is 5.48. The molecule has 0 aliphatic carbocycles. The standard InChI is InChI=1S/C13H23N5O/c1-10(2)18-8-12(7-15-18)16-13(19)9-17-5-3-11(14)4-6-17/h7-8,10-11H,3-6,9,14H2,1-2H3,(H,16,19). The predicted octanol–water partition coefficient (Wildman–Crippen LogP) is 0.826. The third kappa shape index (κ3) is 4.04. The lowest BCUT2D eigenvalue weighted by atomic mass is 10.1. The largest absolute Gasteiger partial charge is 0.328 e. The van der Waals surface area contributed by atoms with Gasteiger partial charge in [-0.3, -0.25) is 14.4 Å². The normalized spacial score (nSPS) is 17.9. The van der Waals surface area contributed by atoms with E-state index in [1.54, 1.807) is 6.20 Å². The van der Waals surface area contributed by atoms with Crippen LogP contribution in [0.3, 0.4) is 0 Å². The van der Waals surface area contributed by atoms with Gasteiger partial charge in [0.2, 0.25) is 5.91 Å². The Hall–Kier alpha value is -1.40. The molecule has 2 rings (SSSR count). The molecule has 0 bridgehead atoms. The Balaban J connectivity index is 1.80. The van der Waals surface area contributed by atoms with Crippen molar-refractivity contribution >= 4 is 11.6 Å². The van der Waals surface area contributed by atoms with Crippen LogP contribution in [0.15, 0.2) is 12.4 Å². The Morgan fingerprint density at radius 3 is 2.79 bits per heavy atom. The van der Waals surface area contributed by atoms with Gasteiger partial charge in [0, 0.05) is 31.4 Å². The van der Waals surface area contributed by atoms with Crippen molar-refractivity contribution in [2.75, 3.05) is 25.0 Å². The van der Waals surface area contributed by atoms with Gasteiger partial charge < -0.3 is 11.1 Å². The van der Waals surface area contributed by atoms with Crippen molar-refractivity contribution in [1.29, 1.82) is 0 Å². The van der Waals surface area contributed by atoms with Gasteiger partial charge in [0.15, 0.2) is 0 Å². The molecule has 1 aromatic rings. The van der Waals surface area contributed by atoms with Gasteiger partial charge in [0.1, 0.15) is 0 Å². The van der Waals surface area contributed by atoms with Crippen molar-refractivity contribution in [3.05, 3.63) is 12.4 Å². The molecule has 1 aliphatic rings. The number of hydrogen-bond donors (Lipinski definition) is 2. The summed E-state index contributed by atoms with van der Waals surface area (Å²) in [5.74, 6) is 0.0128. The molecule has 3 N–H and O–H groups in total. The summed E-state index contributed by atoms with van der Waals surface area (Å²) >= 11 is 0. The monoisotopic (exact) mass is 265 g/mol. The van der Waals surface area contributed by atoms with Crippen LogP contribution < -0.4 is 11.1 Å². The van der Waals surface area contributed by atoms with Crippen molar-refractivity contribution < 1.29 is 4.79 Å². The van der Waals surface area contributed by atoms with E-state index in [4.69, 9.17) is 5.73 Å². The molecule has 19 heavy (non-hydrogen) atoms. The molecule has 2 heterocycles. The Labute approximate surface area is 113 Å². The highest BCUT2D eigenvalue weighted by Crippen LogP contribution is 2.11. The summed E-state index contributed by atoms with van der Waals surface area (Å²) in [7, 11) is 0. The van der Waals surface area contributed by atoms with Gasteiger partial charge in [-0.2, -0.15) is 5.10 Å². The Kier molecular flexibility index (Phi) is 4.55. The highest BCUT2D eigenvalue weighted by Gasteiger charge is 2.18. The lowest BCUT2D eigenvalue weighted by molar-refractivity contribution is -0.117. The number of piperidine rings is 1.